The third-order valence-electron chi connectivity index (χ3n) is 5.25. The summed E-state index contributed by atoms with van der Waals surface area (Å²) in [5.41, 5.74) is 1.20. The molecule has 0 radical (unpaired) electrons. The van der Waals surface area contributed by atoms with Crippen LogP contribution < -0.4 is 5.32 Å². The molecule has 2 saturated carbocycles. The number of rotatable bonds is 4. The van der Waals surface area contributed by atoms with Crippen LogP contribution in [-0.4, -0.2) is 12.6 Å². The van der Waals surface area contributed by atoms with Gasteiger partial charge in [0.2, 0.25) is 0 Å². The van der Waals surface area contributed by atoms with E-state index in [1.807, 2.05) is 0 Å². The molecule has 0 aromatic carbocycles. The Kier molecular flexibility index (Phi) is 3.60. The molecule has 0 heterocycles. The van der Waals surface area contributed by atoms with Crippen LogP contribution in [0.15, 0.2) is 0 Å². The summed E-state index contributed by atoms with van der Waals surface area (Å²) in [5.74, 6) is 1.74. The van der Waals surface area contributed by atoms with Gasteiger partial charge in [0.1, 0.15) is 0 Å². The first kappa shape index (κ1) is 13.4. The first-order valence-electron chi connectivity index (χ1n) is 7.56. The van der Waals surface area contributed by atoms with Crippen LogP contribution in [0.5, 0.6) is 0 Å². The van der Waals surface area contributed by atoms with Crippen molar-refractivity contribution in [3.05, 3.63) is 0 Å². The molecule has 0 saturated heterocycles. The topological polar surface area (TPSA) is 12.0 Å². The van der Waals surface area contributed by atoms with E-state index in [2.05, 4.69) is 39.9 Å². The van der Waals surface area contributed by atoms with Gasteiger partial charge in [-0.25, -0.2) is 0 Å². The van der Waals surface area contributed by atoms with E-state index in [1.165, 1.54) is 38.6 Å². The summed E-state index contributed by atoms with van der Waals surface area (Å²) in [4.78, 5) is 0. The maximum Gasteiger partial charge on any atom is 0.00749 e. The molecule has 0 aliphatic heterocycles. The van der Waals surface area contributed by atoms with Crippen LogP contribution in [0.3, 0.4) is 0 Å². The molecule has 2 rings (SSSR count). The van der Waals surface area contributed by atoms with Gasteiger partial charge < -0.3 is 5.32 Å². The molecule has 17 heavy (non-hydrogen) atoms. The smallest absolute Gasteiger partial charge is 0.00749 e. The summed E-state index contributed by atoms with van der Waals surface area (Å²) < 4.78 is 0. The van der Waals surface area contributed by atoms with Crippen LogP contribution in [0, 0.1) is 22.7 Å². The molecule has 2 atom stereocenters. The molecule has 0 aromatic rings. The summed E-state index contributed by atoms with van der Waals surface area (Å²) >= 11 is 0. The van der Waals surface area contributed by atoms with Gasteiger partial charge in [-0.05, 0) is 54.8 Å². The quantitative estimate of drug-likeness (QED) is 0.771. The van der Waals surface area contributed by atoms with Gasteiger partial charge >= 0.3 is 0 Å². The SMILES string of the molecule is CC1CC(NCC2(C(C)C)CC2)CC(C)(C)C1. The molecular weight excluding hydrogens is 206 g/mol. The molecule has 0 amide bonds. The largest absolute Gasteiger partial charge is 0.313 e. The molecule has 0 bridgehead atoms. The van der Waals surface area contributed by atoms with E-state index in [9.17, 15) is 0 Å². The molecule has 2 aliphatic rings. The van der Waals surface area contributed by atoms with E-state index in [4.69, 9.17) is 0 Å². The Bertz CT molecular complexity index is 263. The van der Waals surface area contributed by atoms with Crippen molar-refractivity contribution in [3.63, 3.8) is 0 Å². The summed E-state index contributed by atoms with van der Waals surface area (Å²) in [7, 11) is 0. The van der Waals surface area contributed by atoms with Crippen molar-refractivity contribution in [2.24, 2.45) is 22.7 Å². The lowest BCUT2D eigenvalue weighted by Gasteiger charge is -2.40. The van der Waals surface area contributed by atoms with E-state index in [-0.39, 0.29) is 0 Å². The minimum Gasteiger partial charge on any atom is -0.313 e. The highest BCUT2D eigenvalue weighted by Crippen LogP contribution is 2.51. The zero-order valence-electron chi connectivity index (χ0n) is 12.5. The Labute approximate surface area is 108 Å². The van der Waals surface area contributed by atoms with Gasteiger partial charge in [-0.15, -0.1) is 0 Å². The molecule has 1 nitrogen and oxygen atoms in total. The Hall–Kier alpha value is -0.0400. The van der Waals surface area contributed by atoms with E-state index >= 15 is 0 Å². The van der Waals surface area contributed by atoms with E-state index < -0.39 is 0 Å². The lowest BCUT2D eigenvalue weighted by Crippen LogP contribution is -2.43. The van der Waals surface area contributed by atoms with Gasteiger partial charge in [-0.3, -0.25) is 0 Å². The number of hydrogen-bond acceptors (Lipinski definition) is 1. The third-order valence-corrected chi connectivity index (χ3v) is 5.25. The Morgan fingerprint density at radius 1 is 1.18 bits per heavy atom. The molecule has 2 fully saturated rings. The van der Waals surface area contributed by atoms with Crippen molar-refractivity contribution in [1.29, 1.82) is 0 Å². The molecule has 2 aliphatic carbocycles. The van der Waals surface area contributed by atoms with Crippen LogP contribution in [0.25, 0.3) is 0 Å². The second kappa shape index (κ2) is 4.57. The highest BCUT2D eigenvalue weighted by molar-refractivity contribution is 4.98. The zero-order chi connectivity index (χ0) is 12.7. The fourth-order valence-corrected chi connectivity index (χ4v) is 3.97. The molecule has 0 aromatic heterocycles. The van der Waals surface area contributed by atoms with Gasteiger partial charge in [0.05, 0.1) is 0 Å². The molecular formula is C16H31N. The van der Waals surface area contributed by atoms with Crippen molar-refractivity contribution >= 4 is 0 Å². The zero-order valence-corrected chi connectivity index (χ0v) is 12.5. The van der Waals surface area contributed by atoms with Crippen LogP contribution >= 0.6 is 0 Å². The normalized spacial score (nSPS) is 34.9. The summed E-state index contributed by atoms with van der Waals surface area (Å²) in [6.07, 6.45) is 7.05. The maximum atomic E-state index is 3.89. The van der Waals surface area contributed by atoms with Crippen LogP contribution in [0.1, 0.15) is 66.7 Å². The summed E-state index contributed by atoms with van der Waals surface area (Å²) in [6, 6.07) is 0.768. The lowest BCUT2D eigenvalue weighted by molar-refractivity contribution is 0.144. The molecule has 1 N–H and O–H groups in total. The summed E-state index contributed by atoms with van der Waals surface area (Å²) in [6.45, 7) is 13.3. The van der Waals surface area contributed by atoms with Crippen molar-refractivity contribution in [2.75, 3.05) is 6.54 Å². The standard InChI is InChI=1S/C16H31N/c1-12(2)16(6-7-16)11-17-14-8-13(3)9-15(4,5)10-14/h12-14,17H,6-11H2,1-5H3. The molecule has 100 valence electrons. The van der Waals surface area contributed by atoms with Crippen molar-refractivity contribution in [2.45, 2.75) is 72.8 Å². The maximum absolute atomic E-state index is 3.89. The van der Waals surface area contributed by atoms with Gasteiger partial charge in [0.15, 0.2) is 0 Å². The highest BCUT2D eigenvalue weighted by atomic mass is 14.9. The number of nitrogens with one attached hydrogen (secondary N) is 1. The Morgan fingerprint density at radius 2 is 1.82 bits per heavy atom. The molecule has 0 spiro atoms. The number of hydrogen-bond donors (Lipinski definition) is 1. The van der Waals surface area contributed by atoms with Gasteiger partial charge in [0.25, 0.3) is 0 Å². The van der Waals surface area contributed by atoms with Crippen LogP contribution in [-0.2, 0) is 0 Å². The Morgan fingerprint density at radius 3 is 2.29 bits per heavy atom. The first-order chi connectivity index (χ1) is 7.83. The minimum atomic E-state index is 0.546. The van der Waals surface area contributed by atoms with Gasteiger partial charge in [-0.1, -0.05) is 34.6 Å². The predicted octanol–water partition coefficient (Wildman–Crippen LogP) is 4.23. The Balaban J connectivity index is 1.83. The minimum absolute atomic E-state index is 0.546. The fraction of sp³-hybridized carbons (Fsp3) is 1.00. The lowest BCUT2D eigenvalue weighted by atomic mass is 9.70. The first-order valence-corrected chi connectivity index (χ1v) is 7.56. The second-order valence-corrected chi connectivity index (χ2v) is 8.01. The van der Waals surface area contributed by atoms with Gasteiger partial charge in [0, 0.05) is 12.6 Å². The summed E-state index contributed by atoms with van der Waals surface area (Å²) in [5, 5.41) is 3.89. The average Bonchev–Trinajstić information content (AvgIpc) is 2.92. The van der Waals surface area contributed by atoms with Crippen molar-refractivity contribution in [3.8, 4) is 0 Å². The second-order valence-electron chi connectivity index (χ2n) is 8.01. The monoisotopic (exact) mass is 237 g/mol. The molecule has 1 heteroatoms. The fourth-order valence-electron chi connectivity index (χ4n) is 3.97. The average molecular weight is 237 g/mol. The van der Waals surface area contributed by atoms with E-state index in [0.29, 0.717) is 10.8 Å². The highest BCUT2D eigenvalue weighted by Gasteiger charge is 2.45. The third kappa shape index (κ3) is 3.24. The van der Waals surface area contributed by atoms with Crippen LogP contribution in [0.4, 0.5) is 0 Å². The molecule has 2 unspecified atom stereocenters. The van der Waals surface area contributed by atoms with E-state index in [1.54, 1.807) is 0 Å². The van der Waals surface area contributed by atoms with Crippen LogP contribution in [0.2, 0.25) is 0 Å². The van der Waals surface area contributed by atoms with Gasteiger partial charge in [-0.2, -0.15) is 0 Å². The van der Waals surface area contributed by atoms with E-state index in [0.717, 1.165) is 17.9 Å². The van der Waals surface area contributed by atoms with Crippen molar-refractivity contribution < 1.29 is 0 Å². The van der Waals surface area contributed by atoms with Crippen molar-refractivity contribution in [1.82, 2.24) is 5.32 Å². The predicted molar refractivity (Wildman–Crippen MR) is 75.1 cm³/mol.